The van der Waals surface area contributed by atoms with Crippen molar-refractivity contribution in [1.82, 2.24) is 0 Å². The Morgan fingerprint density at radius 3 is 2.33 bits per heavy atom. The van der Waals surface area contributed by atoms with Crippen LogP contribution in [0.25, 0.3) is 0 Å². The van der Waals surface area contributed by atoms with Crippen molar-refractivity contribution in [3.63, 3.8) is 0 Å². The minimum absolute atomic E-state index is 0.537. The molecule has 1 fully saturated rings. The lowest BCUT2D eigenvalue weighted by molar-refractivity contribution is 0.278. The smallest absolute Gasteiger partial charge is 0.133 e. The minimum atomic E-state index is -1.34. The number of aliphatic hydroxyl groups excluding tert-OH is 1. The van der Waals surface area contributed by atoms with Gasteiger partial charge in [-0.1, -0.05) is 37.6 Å². The lowest BCUT2D eigenvalue weighted by Gasteiger charge is -2.14. The van der Waals surface area contributed by atoms with Gasteiger partial charge in [-0.2, -0.15) is 0 Å². The highest BCUT2D eigenvalue weighted by Crippen LogP contribution is 2.22. The van der Waals surface area contributed by atoms with E-state index in [-0.39, 0.29) is 0 Å². The van der Waals surface area contributed by atoms with Crippen molar-refractivity contribution in [2.24, 2.45) is 0 Å². The van der Waals surface area contributed by atoms with Gasteiger partial charge in [0.25, 0.3) is 0 Å². The first kappa shape index (κ1) is 12.5. The summed E-state index contributed by atoms with van der Waals surface area (Å²) in [4.78, 5) is 0. The zero-order valence-electron chi connectivity index (χ0n) is 10.1. The average molecular weight is 222 g/mol. The molecule has 1 rings (SSSR count). The van der Waals surface area contributed by atoms with E-state index in [4.69, 9.17) is 0 Å². The van der Waals surface area contributed by atoms with Crippen LogP contribution < -0.4 is 0 Å². The van der Waals surface area contributed by atoms with Crippen LogP contribution in [0.1, 0.15) is 32.1 Å². The molecule has 0 aliphatic heterocycles. The molecule has 1 saturated carbocycles. The summed E-state index contributed by atoms with van der Waals surface area (Å²) in [6, 6.07) is 0. The highest BCUT2D eigenvalue weighted by atomic mass is 28.3. The summed E-state index contributed by atoms with van der Waals surface area (Å²) >= 11 is 0. The maximum Gasteiger partial charge on any atom is 0.133 e. The summed E-state index contributed by atoms with van der Waals surface area (Å²) in [6.07, 6.45) is 7.64. The second-order valence-corrected chi connectivity index (χ2v) is 10.1. The molecule has 0 aromatic carbocycles. The van der Waals surface area contributed by atoms with Gasteiger partial charge in [0.05, 0.1) is 0 Å². The van der Waals surface area contributed by atoms with Crippen LogP contribution in [0.15, 0.2) is 11.6 Å². The van der Waals surface area contributed by atoms with E-state index in [2.05, 4.69) is 31.1 Å². The summed E-state index contributed by atoms with van der Waals surface area (Å²) in [6.45, 7) is 6.58. The quantitative estimate of drug-likeness (QED) is 0.410. The molecule has 0 amide bonds. The summed E-state index contributed by atoms with van der Waals surface area (Å²) in [5.74, 6) is 2.96. The fraction of sp³-hybridized carbons (Fsp3) is 0.692. The zero-order chi connectivity index (χ0) is 11.3. The number of rotatable bonds is 1. The molecule has 0 radical (unpaired) electrons. The Morgan fingerprint density at radius 2 is 1.80 bits per heavy atom. The lowest BCUT2D eigenvalue weighted by atomic mass is 9.94. The second-order valence-electron chi connectivity index (χ2n) is 5.35. The van der Waals surface area contributed by atoms with E-state index >= 15 is 0 Å². The van der Waals surface area contributed by atoms with E-state index in [1.165, 1.54) is 24.8 Å². The van der Waals surface area contributed by atoms with Crippen molar-refractivity contribution in [3.05, 3.63) is 11.6 Å². The summed E-state index contributed by atoms with van der Waals surface area (Å²) in [5.41, 5.74) is 4.61. The Hall–Kier alpha value is -0.523. The SMILES string of the molecule is C[Si](C)(C)C#CC(O)C=C1CCCCC1. The second kappa shape index (κ2) is 5.53. The molecule has 1 aliphatic carbocycles. The molecule has 0 saturated heterocycles. The zero-order valence-corrected chi connectivity index (χ0v) is 11.1. The molecule has 1 N–H and O–H groups in total. The molecule has 0 heterocycles. The Balaban J connectivity index is 2.52. The molecular weight excluding hydrogens is 200 g/mol. The van der Waals surface area contributed by atoms with Gasteiger partial charge in [0, 0.05) is 0 Å². The Kier molecular flexibility index (Phi) is 4.63. The van der Waals surface area contributed by atoms with Gasteiger partial charge in [-0.05, 0) is 31.8 Å². The first-order chi connectivity index (χ1) is 6.97. The molecule has 1 atom stereocenters. The van der Waals surface area contributed by atoms with E-state index < -0.39 is 14.2 Å². The van der Waals surface area contributed by atoms with Gasteiger partial charge < -0.3 is 5.11 Å². The third-order valence-electron chi connectivity index (χ3n) is 2.48. The van der Waals surface area contributed by atoms with Gasteiger partial charge in [-0.3, -0.25) is 0 Å². The monoisotopic (exact) mass is 222 g/mol. The molecule has 1 unspecified atom stereocenters. The highest BCUT2D eigenvalue weighted by molar-refractivity contribution is 6.83. The topological polar surface area (TPSA) is 20.2 Å². The average Bonchev–Trinajstić information content (AvgIpc) is 2.15. The molecule has 0 aromatic heterocycles. The Labute approximate surface area is 94.6 Å². The van der Waals surface area contributed by atoms with E-state index in [1.54, 1.807) is 0 Å². The maximum atomic E-state index is 9.74. The summed E-state index contributed by atoms with van der Waals surface area (Å²) in [5, 5.41) is 9.74. The van der Waals surface area contributed by atoms with Gasteiger partial charge in [0.15, 0.2) is 0 Å². The number of aliphatic hydroxyl groups is 1. The molecule has 0 bridgehead atoms. The van der Waals surface area contributed by atoms with Gasteiger partial charge in [-0.15, -0.1) is 5.54 Å². The minimum Gasteiger partial charge on any atom is -0.377 e. The number of hydrogen-bond acceptors (Lipinski definition) is 1. The molecule has 0 aromatic rings. The summed E-state index contributed by atoms with van der Waals surface area (Å²) in [7, 11) is -1.34. The Morgan fingerprint density at radius 1 is 1.20 bits per heavy atom. The largest absolute Gasteiger partial charge is 0.377 e. The molecule has 15 heavy (non-hydrogen) atoms. The highest BCUT2D eigenvalue weighted by Gasteiger charge is 2.09. The van der Waals surface area contributed by atoms with Gasteiger partial charge in [0.1, 0.15) is 14.2 Å². The van der Waals surface area contributed by atoms with Crippen molar-refractivity contribution in [1.29, 1.82) is 0 Å². The van der Waals surface area contributed by atoms with Gasteiger partial charge in [-0.25, -0.2) is 0 Å². The number of allylic oxidation sites excluding steroid dienone is 1. The first-order valence-corrected chi connectivity index (χ1v) is 9.38. The standard InChI is InChI=1S/C13H22OSi/c1-15(2,3)10-9-13(14)11-12-7-5-4-6-8-12/h11,13-14H,4-8H2,1-3H3. The molecule has 1 aliphatic rings. The normalized spacial score (nSPS) is 19.1. The predicted molar refractivity (Wildman–Crippen MR) is 68.3 cm³/mol. The van der Waals surface area contributed by atoms with Crippen LogP contribution in [0.5, 0.6) is 0 Å². The lowest BCUT2D eigenvalue weighted by Crippen LogP contribution is -2.17. The molecule has 2 heteroatoms. The van der Waals surface area contributed by atoms with Gasteiger partial charge >= 0.3 is 0 Å². The fourth-order valence-corrected chi connectivity index (χ4v) is 2.31. The van der Waals surface area contributed by atoms with Crippen LogP contribution in [-0.4, -0.2) is 19.3 Å². The van der Waals surface area contributed by atoms with Crippen LogP contribution in [0.4, 0.5) is 0 Å². The Bertz CT molecular complexity index is 280. The van der Waals surface area contributed by atoms with E-state index in [0.29, 0.717) is 0 Å². The maximum absolute atomic E-state index is 9.74. The van der Waals surface area contributed by atoms with Crippen molar-refractivity contribution >= 4 is 8.07 Å². The van der Waals surface area contributed by atoms with Crippen LogP contribution in [0.2, 0.25) is 19.6 Å². The summed E-state index contributed by atoms with van der Waals surface area (Å²) < 4.78 is 0. The molecular formula is C13H22OSi. The van der Waals surface area contributed by atoms with Crippen LogP contribution in [-0.2, 0) is 0 Å². The van der Waals surface area contributed by atoms with Crippen LogP contribution in [0, 0.1) is 11.5 Å². The number of hydrogen-bond donors (Lipinski definition) is 1. The molecule has 1 nitrogen and oxygen atoms in total. The van der Waals surface area contributed by atoms with Crippen LogP contribution in [0.3, 0.4) is 0 Å². The van der Waals surface area contributed by atoms with E-state index in [0.717, 1.165) is 12.8 Å². The van der Waals surface area contributed by atoms with Gasteiger partial charge in [0.2, 0.25) is 0 Å². The third kappa shape index (κ3) is 5.81. The van der Waals surface area contributed by atoms with Crippen LogP contribution >= 0.6 is 0 Å². The van der Waals surface area contributed by atoms with Crippen molar-refractivity contribution in [2.45, 2.75) is 57.8 Å². The van der Waals surface area contributed by atoms with Crippen molar-refractivity contribution < 1.29 is 5.11 Å². The van der Waals surface area contributed by atoms with Crippen molar-refractivity contribution in [3.8, 4) is 11.5 Å². The molecule has 0 spiro atoms. The third-order valence-corrected chi connectivity index (χ3v) is 3.38. The van der Waals surface area contributed by atoms with Crippen molar-refractivity contribution in [2.75, 3.05) is 0 Å². The molecule has 84 valence electrons. The first-order valence-electron chi connectivity index (χ1n) is 5.88. The predicted octanol–water partition coefficient (Wildman–Crippen LogP) is 3.12. The van der Waals surface area contributed by atoms with E-state index in [1.807, 2.05) is 6.08 Å². The fourth-order valence-electron chi connectivity index (χ4n) is 1.73. The van der Waals surface area contributed by atoms with E-state index in [9.17, 15) is 5.11 Å².